The van der Waals surface area contributed by atoms with E-state index in [0.29, 0.717) is 28.0 Å². The highest BCUT2D eigenvalue weighted by Crippen LogP contribution is 2.26. The molecule has 0 radical (unpaired) electrons. The number of hydrazone groups is 1. The molecule has 8 heteroatoms. The third-order valence-corrected chi connectivity index (χ3v) is 3.91. The van der Waals surface area contributed by atoms with Crippen molar-refractivity contribution in [3.05, 3.63) is 58.1 Å². The van der Waals surface area contributed by atoms with Crippen molar-refractivity contribution in [3.8, 4) is 11.5 Å². The van der Waals surface area contributed by atoms with E-state index in [1.807, 2.05) is 6.92 Å². The number of halogens is 1. The molecule has 0 aliphatic rings. The number of aromatic hydroxyl groups is 1. The summed E-state index contributed by atoms with van der Waals surface area (Å²) in [5, 5.41) is 16.0. The molecule has 0 fully saturated rings. The van der Waals surface area contributed by atoms with Gasteiger partial charge in [0.15, 0.2) is 11.5 Å². The molecule has 7 nitrogen and oxygen atoms in total. The molecule has 2 rings (SSSR count). The van der Waals surface area contributed by atoms with E-state index in [1.165, 1.54) is 12.3 Å². The van der Waals surface area contributed by atoms with Gasteiger partial charge in [0.1, 0.15) is 0 Å². The first-order valence-electron chi connectivity index (χ1n) is 7.81. The van der Waals surface area contributed by atoms with Crippen molar-refractivity contribution in [2.75, 3.05) is 13.2 Å². The Balaban J connectivity index is 1.85. The number of amides is 2. The monoisotopic (exact) mass is 419 g/mol. The highest BCUT2D eigenvalue weighted by molar-refractivity contribution is 9.10. The molecule has 0 saturated carbocycles. The van der Waals surface area contributed by atoms with Crippen LogP contribution in [0.3, 0.4) is 0 Å². The van der Waals surface area contributed by atoms with E-state index in [2.05, 4.69) is 31.8 Å². The molecule has 136 valence electrons. The van der Waals surface area contributed by atoms with Gasteiger partial charge < -0.3 is 15.2 Å². The van der Waals surface area contributed by atoms with Crippen molar-refractivity contribution in [1.82, 2.24) is 10.7 Å². The summed E-state index contributed by atoms with van der Waals surface area (Å²) >= 11 is 3.28. The zero-order valence-corrected chi connectivity index (χ0v) is 15.6. The van der Waals surface area contributed by atoms with Crippen molar-refractivity contribution in [1.29, 1.82) is 0 Å². The molecule has 2 aromatic rings. The Morgan fingerprint density at radius 1 is 1.27 bits per heavy atom. The molecule has 2 amide bonds. The number of phenols is 1. The van der Waals surface area contributed by atoms with Crippen LogP contribution < -0.4 is 15.5 Å². The average molecular weight is 420 g/mol. The quantitative estimate of drug-likeness (QED) is 0.473. The zero-order valence-electron chi connectivity index (χ0n) is 14.0. The summed E-state index contributed by atoms with van der Waals surface area (Å²) in [5.41, 5.74) is 3.40. The minimum Gasteiger partial charge on any atom is -0.504 e. The fourth-order valence-electron chi connectivity index (χ4n) is 2.00. The predicted octanol–water partition coefficient (Wildman–Crippen LogP) is 2.43. The van der Waals surface area contributed by atoms with Crippen LogP contribution in [0.4, 0.5) is 0 Å². The summed E-state index contributed by atoms with van der Waals surface area (Å²) in [6.07, 6.45) is 1.41. The predicted molar refractivity (Wildman–Crippen MR) is 101 cm³/mol. The van der Waals surface area contributed by atoms with Crippen LogP contribution >= 0.6 is 15.9 Å². The summed E-state index contributed by atoms with van der Waals surface area (Å²) < 4.78 is 5.92. The van der Waals surface area contributed by atoms with Gasteiger partial charge in [0, 0.05) is 4.47 Å². The first kappa shape index (κ1) is 19.5. The Kier molecular flexibility index (Phi) is 7.16. The van der Waals surface area contributed by atoms with Crippen molar-refractivity contribution < 1.29 is 19.4 Å². The van der Waals surface area contributed by atoms with Gasteiger partial charge in [0.25, 0.3) is 11.8 Å². The molecule has 2 aromatic carbocycles. The number of carbonyl (C=O) groups excluding carboxylic acids is 2. The summed E-state index contributed by atoms with van der Waals surface area (Å²) in [7, 11) is 0. The summed E-state index contributed by atoms with van der Waals surface area (Å²) in [6, 6.07) is 11.6. The summed E-state index contributed by atoms with van der Waals surface area (Å²) in [4.78, 5) is 23.8. The molecule has 0 spiro atoms. The molecule has 0 atom stereocenters. The molecule has 0 aromatic heterocycles. The van der Waals surface area contributed by atoms with E-state index in [4.69, 9.17) is 4.74 Å². The Morgan fingerprint density at radius 2 is 2.04 bits per heavy atom. The Hall–Kier alpha value is -2.87. The highest BCUT2D eigenvalue weighted by atomic mass is 79.9. The van der Waals surface area contributed by atoms with Gasteiger partial charge >= 0.3 is 0 Å². The van der Waals surface area contributed by atoms with E-state index < -0.39 is 5.91 Å². The second-order valence-corrected chi connectivity index (χ2v) is 5.97. The molecule has 26 heavy (non-hydrogen) atoms. The molecule has 0 aliphatic carbocycles. The van der Waals surface area contributed by atoms with Crippen LogP contribution in [0.1, 0.15) is 22.8 Å². The van der Waals surface area contributed by atoms with E-state index >= 15 is 0 Å². The van der Waals surface area contributed by atoms with Gasteiger partial charge in [-0.15, -0.1) is 0 Å². The fourth-order valence-corrected chi connectivity index (χ4v) is 2.47. The molecule has 0 bridgehead atoms. The van der Waals surface area contributed by atoms with Crippen LogP contribution in [-0.2, 0) is 4.79 Å². The molecule has 0 heterocycles. The van der Waals surface area contributed by atoms with Gasteiger partial charge in [-0.1, -0.05) is 12.1 Å². The van der Waals surface area contributed by atoms with Crippen molar-refractivity contribution in [2.45, 2.75) is 6.92 Å². The van der Waals surface area contributed by atoms with E-state index in [1.54, 1.807) is 36.4 Å². The number of hydrogen-bond acceptors (Lipinski definition) is 5. The minimum absolute atomic E-state index is 0.0304. The summed E-state index contributed by atoms with van der Waals surface area (Å²) in [5.74, 6) is -0.465. The van der Waals surface area contributed by atoms with E-state index in [0.717, 1.165) is 0 Å². The topological polar surface area (TPSA) is 100 Å². The number of nitrogens with one attached hydrogen (secondary N) is 2. The van der Waals surface area contributed by atoms with Crippen LogP contribution in [0.25, 0.3) is 0 Å². The average Bonchev–Trinajstić information content (AvgIpc) is 2.63. The van der Waals surface area contributed by atoms with E-state index in [-0.39, 0.29) is 18.2 Å². The number of carbonyl (C=O) groups is 2. The van der Waals surface area contributed by atoms with Gasteiger partial charge in [0.05, 0.1) is 24.9 Å². The lowest BCUT2D eigenvalue weighted by atomic mass is 10.2. The fraction of sp³-hybridized carbons (Fsp3) is 0.167. The molecule has 0 unspecified atom stereocenters. The number of nitrogens with zero attached hydrogens (tertiary/aromatic N) is 1. The molecular weight excluding hydrogens is 402 g/mol. The van der Waals surface area contributed by atoms with Crippen LogP contribution in [0.2, 0.25) is 0 Å². The second kappa shape index (κ2) is 9.57. The normalized spacial score (nSPS) is 10.5. The van der Waals surface area contributed by atoms with Gasteiger partial charge in [-0.05, 0) is 58.7 Å². The number of benzene rings is 2. The van der Waals surface area contributed by atoms with Crippen molar-refractivity contribution in [2.24, 2.45) is 5.10 Å². The standard InChI is InChI=1S/C18H18BrN3O4/c1-2-26-16-9-12(7-8-15(16)23)10-21-22-17(24)11-20-18(25)13-5-3-4-6-14(13)19/h3-10,23H,2,11H2,1H3,(H,20,25)(H,22,24). The lowest BCUT2D eigenvalue weighted by molar-refractivity contribution is -0.120. The Morgan fingerprint density at radius 3 is 2.77 bits per heavy atom. The maximum absolute atomic E-state index is 12.0. The zero-order chi connectivity index (χ0) is 18.9. The summed E-state index contributed by atoms with van der Waals surface area (Å²) in [6.45, 7) is 2.02. The third-order valence-electron chi connectivity index (χ3n) is 3.21. The minimum atomic E-state index is -0.467. The lowest BCUT2D eigenvalue weighted by Gasteiger charge is -2.06. The van der Waals surface area contributed by atoms with Crippen LogP contribution in [-0.4, -0.2) is 36.3 Å². The van der Waals surface area contributed by atoms with Crippen molar-refractivity contribution >= 4 is 34.0 Å². The maximum atomic E-state index is 12.0. The maximum Gasteiger partial charge on any atom is 0.259 e. The first-order valence-corrected chi connectivity index (χ1v) is 8.61. The van der Waals surface area contributed by atoms with Crippen LogP contribution in [0.5, 0.6) is 11.5 Å². The SMILES string of the molecule is CCOc1cc(C=NNC(=O)CNC(=O)c2ccccc2Br)ccc1O. The largest absolute Gasteiger partial charge is 0.504 e. The molecule has 3 N–H and O–H groups in total. The number of phenolic OH excluding ortho intramolecular Hbond substituents is 1. The van der Waals surface area contributed by atoms with Gasteiger partial charge in [-0.25, -0.2) is 5.43 Å². The number of ether oxygens (including phenoxy) is 1. The molecular formula is C18H18BrN3O4. The smallest absolute Gasteiger partial charge is 0.259 e. The second-order valence-electron chi connectivity index (χ2n) is 5.12. The Bertz CT molecular complexity index is 824. The molecule has 0 saturated heterocycles. The third kappa shape index (κ3) is 5.59. The number of hydrogen-bond donors (Lipinski definition) is 3. The number of rotatable bonds is 7. The first-order chi connectivity index (χ1) is 12.5. The van der Waals surface area contributed by atoms with Crippen molar-refractivity contribution in [3.63, 3.8) is 0 Å². The Labute approximate surface area is 159 Å². The van der Waals surface area contributed by atoms with Crippen LogP contribution in [0.15, 0.2) is 52.0 Å². The highest BCUT2D eigenvalue weighted by Gasteiger charge is 2.10. The van der Waals surface area contributed by atoms with E-state index in [9.17, 15) is 14.7 Å². The molecule has 0 aliphatic heterocycles. The van der Waals surface area contributed by atoms with Gasteiger partial charge in [-0.2, -0.15) is 5.10 Å². The lowest BCUT2D eigenvalue weighted by Crippen LogP contribution is -2.35. The van der Waals surface area contributed by atoms with Crippen LogP contribution in [0, 0.1) is 0 Å². The van der Waals surface area contributed by atoms with Gasteiger partial charge in [0.2, 0.25) is 0 Å². The van der Waals surface area contributed by atoms with Gasteiger partial charge in [-0.3, -0.25) is 9.59 Å².